The van der Waals surface area contributed by atoms with E-state index < -0.39 is 0 Å². The van der Waals surface area contributed by atoms with Crippen LogP contribution in [0.4, 0.5) is 0 Å². The van der Waals surface area contributed by atoms with Gasteiger partial charge in [-0.25, -0.2) is 0 Å². The number of pyridine rings is 1. The van der Waals surface area contributed by atoms with Crippen LogP contribution < -0.4 is 0 Å². The summed E-state index contributed by atoms with van der Waals surface area (Å²) >= 11 is 1.49. The van der Waals surface area contributed by atoms with E-state index in [1.54, 1.807) is 6.20 Å². The molecule has 3 aromatic rings. The standard InChI is InChI=1S/C13H9NS/c1-2-4-10(5-3-1)13-11-7-9-15-12(11)6-8-14-13/h1-9H/i9D. The summed E-state index contributed by atoms with van der Waals surface area (Å²) in [5.74, 6) is 0. The third kappa shape index (κ3) is 1.43. The average Bonchev–Trinajstić information content (AvgIpc) is 2.70. The van der Waals surface area contributed by atoms with Crippen LogP contribution in [0.15, 0.2) is 54.0 Å². The maximum Gasteiger partial charge on any atom is 0.0788 e. The summed E-state index contributed by atoms with van der Waals surface area (Å²) in [7, 11) is 0. The molecule has 3 rings (SSSR count). The van der Waals surface area contributed by atoms with Gasteiger partial charge in [0.2, 0.25) is 0 Å². The first-order chi connectivity index (χ1) is 7.84. The number of aromatic nitrogens is 1. The Bertz CT molecular complexity index is 631. The predicted molar refractivity (Wildman–Crippen MR) is 65.1 cm³/mol. The summed E-state index contributed by atoms with van der Waals surface area (Å²) in [6, 6.07) is 13.9. The lowest BCUT2D eigenvalue weighted by molar-refractivity contribution is 1.36. The lowest BCUT2D eigenvalue weighted by atomic mass is 10.1. The highest BCUT2D eigenvalue weighted by Gasteiger charge is 2.04. The molecular weight excluding hydrogens is 202 g/mol. The molecule has 0 radical (unpaired) electrons. The molecule has 0 fully saturated rings. The van der Waals surface area contributed by atoms with Crippen LogP contribution in [0.2, 0.25) is 0 Å². The first-order valence-electron chi connectivity index (χ1n) is 5.25. The molecule has 0 aliphatic carbocycles. The second-order valence-electron chi connectivity index (χ2n) is 3.30. The first kappa shape index (κ1) is 7.60. The maximum atomic E-state index is 7.67. The number of rotatable bonds is 1. The van der Waals surface area contributed by atoms with Crippen molar-refractivity contribution in [1.82, 2.24) is 4.98 Å². The van der Waals surface area contributed by atoms with Crippen LogP contribution >= 0.6 is 11.3 Å². The summed E-state index contributed by atoms with van der Waals surface area (Å²) in [5, 5.41) is 1.66. The van der Waals surface area contributed by atoms with Crippen molar-refractivity contribution in [2.75, 3.05) is 0 Å². The van der Waals surface area contributed by atoms with Crippen molar-refractivity contribution in [3.05, 3.63) is 54.0 Å². The Morgan fingerprint density at radius 3 is 2.80 bits per heavy atom. The smallest absolute Gasteiger partial charge is 0.0788 e. The second-order valence-corrected chi connectivity index (χ2v) is 4.18. The lowest BCUT2D eigenvalue weighted by Crippen LogP contribution is -1.82. The van der Waals surface area contributed by atoms with Gasteiger partial charge in [0.25, 0.3) is 0 Å². The Kier molecular flexibility index (Phi) is 1.76. The summed E-state index contributed by atoms with van der Waals surface area (Å²) in [4.78, 5) is 4.41. The minimum absolute atomic E-state index is 0.584. The van der Waals surface area contributed by atoms with Gasteiger partial charge < -0.3 is 0 Å². The fraction of sp³-hybridized carbons (Fsp3) is 0. The lowest BCUT2D eigenvalue weighted by Gasteiger charge is -2.01. The largest absolute Gasteiger partial charge is 0.256 e. The third-order valence-corrected chi connectivity index (χ3v) is 3.18. The van der Waals surface area contributed by atoms with Gasteiger partial charge in [-0.2, -0.15) is 0 Å². The van der Waals surface area contributed by atoms with Gasteiger partial charge in [0.1, 0.15) is 0 Å². The van der Waals surface area contributed by atoms with E-state index in [9.17, 15) is 0 Å². The second kappa shape index (κ2) is 3.48. The Balaban J connectivity index is 2.31. The Labute approximate surface area is 93.4 Å². The van der Waals surface area contributed by atoms with E-state index in [4.69, 9.17) is 1.37 Å². The fourth-order valence-corrected chi connectivity index (χ4v) is 2.36. The van der Waals surface area contributed by atoms with E-state index in [1.807, 2.05) is 42.5 Å². The number of hydrogen-bond acceptors (Lipinski definition) is 2. The molecule has 0 saturated heterocycles. The van der Waals surface area contributed by atoms with Crippen molar-refractivity contribution in [1.29, 1.82) is 0 Å². The monoisotopic (exact) mass is 212 g/mol. The molecule has 15 heavy (non-hydrogen) atoms. The molecular formula is C13H9NS. The highest BCUT2D eigenvalue weighted by atomic mass is 32.1. The summed E-state index contributed by atoms with van der Waals surface area (Å²) in [6.45, 7) is 0. The van der Waals surface area contributed by atoms with Gasteiger partial charge >= 0.3 is 0 Å². The summed E-state index contributed by atoms with van der Waals surface area (Å²) < 4.78 is 8.80. The van der Waals surface area contributed by atoms with Crippen molar-refractivity contribution in [3.8, 4) is 11.3 Å². The molecule has 1 nitrogen and oxygen atoms in total. The highest BCUT2D eigenvalue weighted by Crippen LogP contribution is 2.29. The van der Waals surface area contributed by atoms with E-state index in [2.05, 4.69) is 4.98 Å². The molecule has 0 aliphatic rings. The van der Waals surface area contributed by atoms with Crippen LogP contribution in [0.3, 0.4) is 0 Å². The third-order valence-electron chi connectivity index (χ3n) is 2.37. The van der Waals surface area contributed by atoms with Crippen LogP contribution in [0, 0.1) is 0 Å². The Morgan fingerprint density at radius 2 is 1.93 bits per heavy atom. The molecule has 2 heteroatoms. The van der Waals surface area contributed by atoms with Crippen molar-refractivity contribution in [2.24, 2.45) is 0 Å². The molecule has 0 N–H and O–H groups in total. The van der Waals surface area contributed by atoms with Crippen LogP contribution in [0.1, 0.15) is 1.37 Å². The topological polar surface area (TPSA) is 12.9 Å². The molecule has 2 aromatic heterocycles. The van der Waals surface area contributed by atoms with Crippen molar-refractivity contribution in [2.45, 2.75) is 0 Å². The van der Waals surface area contributed by atoms with E-state index in [0.29, 0.717) is 5.36 Å². The number of fused-ring (bicyclic) bond motifs is 1. The van der Waals surface area contributed by atoms with Gasteiger partial charge in [-0.05, 0) is 17.5 Å². The van der Waals surface area contributed by atoms with Crippen LogP contribution in [0.25, 0.3) is 21.3 Å². The SMILES string of the molecule is [2H]c1cc2c(-c3ccccc3)nccc2s1. The van der Waals surface area contributed by atoms with Gasteiger partial charge in [-0.3, -0.25) is 4.98 Å². The van der Waals surface area contributed by atoms with Crippen molar-refractivity contribution < 1.29 is 1.37 Å². The zero-order valence-corrected chi connectivity index (χ0v) is 8.79. The zero-order chi connectivity index (χ0) is 11.0. The van der Waals surface area contributed by atoms with Gasteiger partial charge in [0.15, 0.2) is 0 Å². The first-order valence-corrected chi connectivity index (χ1v) is 5.57. The minimum Gasteiger partial charge on any atom is -0.256 e. The molecule has 0 spiro atoms. The molecule has 0 bridgehead atoms. The van der Waals surface area contributed by atoms with E-state index in [-0.39, 0.29) is 0 Å². The highest BCUT2D eigenvalue weighted by molar-refractivity contribution is 7.17. The van der Waals surface area contributed by atoms with Crippen LogP contribution in [0.5, 0.6) is 0 Å². The number of benzene rings is 1. The molecule has 0 amide bonds. The number of nitrogens with zero attached hydrogens (tertiary/aromatic N) is 1. The van der Waals surface area contributed by atoms with Gasteiger partial charge in [0, 0.05) is 21.8 Å². The Hall–Kier alpha value is -1.67. The summed E-state index contributed by atoms with van der Waals surface area (Å²) in [6.07, 6.45) is 1.81. The predicted octanol–water partition coefficient (Wildman–Crippen LogP) is 3.96. The molecule has 1 aromatic carbocycles. The number of hydrogen-bond donors (Lipinski definition) is 0. The molecule has 0 aliphatic heterocycles. The van der Waals surface area contributed by atoms with Crippen molar-refractivity contribution >= 4 is 21.4 Å². The quantitative estimate of drug-likeness (QED) is 0.595. The molecule has 72 valence electrons. The summed E-state index contributed by atoms with van der Waals surface area (Å²) in [5.41, 5.74) is 2.07. The van der Waals surface area contributed by atoms with E-state index in [1.165, 1.54) is 11.3 Å². The van der Waals surface area contributed by atoms with E-state index >= 15 is 0 Å². The normalized spacial score (nSPS) is 11.6. The van der Waals surface area contributed by atoms with Crippen molar-refractivity contribution in [3.63, 3.8) is 0 Å². The van der Waals surface area contributed by atoms with E-state index in [0.717, 1.165) is 21.3 Å². The molecule has 0 unspecified atom stereocenters. The Morgan fingerprint density at radius 1 is 1.07 bits per heavy atom. The molecule has 0 saturated carbocycles. The molecule has 0 atom stereocenters. The fourth-order valence-electron chi connectivity index (χ4n) is 1.66. The minimum atomic E-state index is 0.584. The van der Waals surface area contributed by atoms with Gasteiger partial charge in [-0.1, -0.05) is 30.3 Å². The number of thiophene rings is 1. The molecule has 2 heterocycles. The average molecular weight is 212 g/mol. The van der Waals surface area contributed by atoms with Crippen LogP contribution in [-0.2, 0) is 0 Å². The van der Waals surface area contributed by atoms with Crippen LogP contribution in [-0.4, -0.2) is 4.98 Å². The maximum absolute atomic E-state index is 7.67. The zero-order valence-electron chi connectivity index (χ0n) is 8.97. The van der Waals surface area contributed by atoms with Gasteiger partial charge in [0.05, 0.1) is 7.06 Å². The van der Waals surface area contributed by atoms with Gasteiger partial charge in [-0.15, -0.1) is 11.3 Å².